The minimum Gasteiger partial charge on any atom is -0.345 e. The summed E-state index contributed by atoms with van der Waals surface area (Å²) in [5.41, 5.74) is 0. The summed E-state index contributed by atoms with van der Waals surface area (Å²) >= 11 is 10.7. The Morgan fingerprint density at radius 3 is 1.91 bits per heavy atom. The minimum absolute atomic E-state index is 0.0387. The standard InChI is InChI=1S/C15H22N4O2S2/c1-9-8-18(14(22)16-12(20)10-2-3-10)6-7-19(9)15(23)17-13(21)11-4-5-11/h9-11H,2-8H2,1H3,(H,16,20,22)(H,17,21,23)/t9-/m0/s1. The highest BCUT2D eigenvalue weighted by molar-refractivity contribution is 7.80. The van der Waals surface area contributed by atoms with Crippen LogP contribution < -0.4 is 10.6 Å². The van der Waals surface area contributed by atoms with E-state index in [1.54, 1.807) is 0 Å². The van der Waals surface area contributed by atoms with E-state index in [1.165, 1.54) is 0 Å². The van der Waals surface area contributed by atoms with Crippen LogP contribution in [0.2, 0.25) is 0 Å². The lowest BCUT2D eigenvalue weighted by molar-refractivity contribution is -0.121. The van der Waals surface area contributed by atoms with E-state index < -0.39 is 0 Å². The van der Waals surface area contributed by atoms with E-state index in [2.05, 4.69) is 10.6 Å². The molecule has 1 aliphatic heterocycles. The van der Waals surface area contributed by atoms with Crippen molar-refractivity contribution in [3.05, 3.63) is 0 Å². The maximum atomic E-state index is 11.8. The Morgan fingerprint density at radius 1 is 0.913 bits per heavy atom. The van der Waals surface area contributed by atoms with Crippen LogP contribution in [0.25, 0.3) is 0 Å². The van der Waals surface area contributed by atoms with E-state index >= 15 is 0 Å². The molecule has 2 N–H and O–H groups in total. The molecule has 6 nitrogen and oxygen atoms in total. The van der Waals surface area contributed by atoms with E-state index in [9.17, 15) is 9.59 Å². The molecule has 0 radical (unpaired) electrons. The summed E-state index contributed by atoms with van der Waals surface area (Å²) in [6, 6.07) is 0.131. The second-order valence-corrected chi connectivity index (χ2v) is 7.40. The van der Waals surface area contributed by atoms with Crippen molar-refractivity contribution >= 4 is 46.5 Å². The number of nitrogens with one attached hydrogen (secondary N) is 2. The second-order valence-electron chi connectivity index (χ2n) is 6.63. The average molecular weight is 355 g/mol. The van der Waals surface area contributed by atoms with Crippen LogP contribution in [0.4, 0.5) is 0 Å². The van der Waals surface area contributed by atoms with Crippen LogP contribution >= 0.6 is 24.4 Å². The van der Waals surface area contributed by atoms with Gasteiger partial charge in [-0.05, 0) is 57.0 Å². The third-order valence-corrected chi connectivity index (χ3v) is 5.23. The molecule has 0 aromatic carbocycles. The molecule has 3 aliphatic rings. The summed E-state index contributed by atoms with van der Waals surface area (Å²) in [5.74, 6) is 0.376. The maximum absolute atomic E-state index is 11.8. The topological polar surface area (TPSA) is 64.7 Å². The molecule has 2 aliphatic carbocycles. The summed E-state index contributed by atoms with van der Waals surface area (Å²) in [5, 5.41) is 6.67. The van der Waals surface area contributed by atoms with Crippen molar-refractivity contribution in [2.24, 2.45) is 11.8 Å². The monoisotopic (exact) mass is 354 g/mol. The lowest BCUT2D eigenvalue weighted by Gasteiger charge is -2.41. The van der Waals surface area contributed by atoms with Crippen molar-refractivity contribution in [2.75, 3.05) is 19.6 Å². The number of piperazine rings is 1. The normalized spacial score (nSPS) is 24.1. The molecule has 8 heteroatoms. The van der Waals surface area contributed by atoms with E-state index in [1.807, 2.05) is 16.7 Å². The fourth-order valence-corrected chi connectivity index (χ4v) is 3.34. The van der Waals surface area contributed by atoms with Gasteiger partial charge in [-0.3, -0.25) is 9.59 Å². The van der Waals surface area contributed by atoms with Gasteiger partial charge in [-0.15, -0.1) is 0 Å². The Labute approximate surface area is 146 Å². The SMILES string of the molecule is C[C@H]1CN(C(=S)NC(=O)C2CC2)CCN1C(=S)NC(=O)C1CC1. The molecule has 126 valence electrons. The number of hydrogen-bond acceptors (Lipinski definition) is 4. The van der Waals surface area contributed by atoms with Crippen molar-refractivity contribution in [2.45, 2.75) is 38.6 Å². The summed E-state index contributed by atoms with van der Waals surface area (Å²) in [4.78, 5) is 27.7. The molecule has 2 amide bonds. The number of carbonyl (C=O) groups is 2. The molecule has 0 aromatic rings. The highest BCUT2D eigenvalue weighted by Gasteiger charge is 2.34. The van der Waals surface area contributed by atoms with Gasteiger partial charge in [0.1, 0.15) is 0 Å². The molecular formula is C15H22N4O2S2. The minimum atomic E-state index is 0.0387. The average Bonchev–Trinajstić information content (AvgIpc) is 3.39. The first-order chi connectivity index (χ1) is 11.0. The molecular weight excluding hydrogens is 332 g/mol. The van der Waals surface area contributed by atoms with Crippen molar-refractivity contribution in [3.63, 3.8) is 0 Å². The van der Waals surface area contributed by atoms with Crippen LogP contribution in [-0.2, 0) is 9.59 Å². The molecule has 3 fully saturated rings. The Morgan fingerprint density at radius 2 is 1.43 bits per heavy atom. The lowest BCUT2D eigenvalue weighted by Crippen LogP contribution is -2.60. The first-order valence-electron chi connectivity index (χ1n) is 8.17. The summed E-state index contributed by atoms with van der Waals surface area (Å²) < 4.78 is 0. The van der Waals surface area contributed by atoms with Gasteiger partial charge in [-0.2, -0.15) is 0 Å². The molecule has 1 heterocycles. The Balaban J connectivity index is 1.47. The summed E-state index contributed by atoms with van der Waals surface area (Å²) in [6.45, 7) is 4.11. The molecule has 0 spiro atoms. The van der Waals surface area contributed by atoms with Crippen molar-refractivity contribution in [1.29, 1.82) is 0 Å². The van der Waals surface area contributed by atoms with Gasteiger partial charge in [-0.25, -0.2) is 0 Å². The van der Waals surface area contributed by atoms with Gasteiger partial charge in [0, 0.05) is 37.5 Å². The predicted octanol–water partition coefficient (Wildman–Crippen LogP) is 0.615. The molecule has 0 bridgehead atoms. The van der Waals surface area contributed by atoms with Gasteiger partial charge >= 0.3 is 0 Å². The quantitative estimate of drug-likeness (QED) is 0.709. The van der Waals surface area contributed by atoms with Crippen LogP contribution in [0.1, 0.15) is 32.6 Å². The molecule has 23 heavy (non-hydrogen) atoms. The maximum Gasteiger partial charge on any atom is 0.229 e. The first-order valence-corrected chi connectivity index (χ1v) is 8.98. The molecule has 2 saturated carbocycles. The van der Waals surface area contributed by atoms with Gasteiger partial charge < -0.3 is 20.4 Å². The zero-order chi connectivity index (χ0) is 16.6. The van der Waals surface area contributed by atoms with Crippen LogP contribution in [-0.4, -0.2) is 57.5 Å². The van der Waals surface area contributed by atoms with Gasteiger partial charge in [0.15, 0.2) is 10.2 Å². The third kappa shape index (κ3) is 4.17. The van der Waals surface area contributed by atoms with E-state index in [0.29, 0.717) is 29.9 Å². The lowest BCUT2D eigenvalue weighted by atomic mass is 10.2. The number of hydrogen-bond donors (Lipinski definition) is 2. The zero-order valence-electron chi connectivity index (χ0n) is 13.2. The Kier molecular flexibility index (Phi) is 4.82. The van der Waals surface area contributed by atoms with Crippen molar-refractivity contribution in [3.8, 4) is 0 Å². The largest absolute Gasteiger partial charge is 0.345 e. The number of rotatable bonds is 2. The van der Waals surface area contributed by atoms with Crippen LogP contribution in [0.3, 0.4) is 0 Å². The molecule has 3 rings (SSSR count). The first kappa shape index (κ1) is 16.6. The Hall–Kier alpha value is -1.28. The van der Waals surface area contributed by atoms with E-state index in [-0.39, 0.29) is 29.7 Å². The molecule has 0 unspecified atom stereocenters. The molecule has 1 saturated heterocycles. The van der Waals surface area contributed by atoms with Gasteiger partial charge in [0.05, 0.1) is 0 Å². The number of amides is 2. The van der Waals surface area contributed by atoms with Crippen molar-refractivity contribution in [1.82, 2.24) is 20.4 Å². The Bertz CT molecular complexity index is 546. The van der Waals surface area contributed by atoms with Crippen LogP contribution in [0.5, 0.6) is 0 Å². The summed E-state index contributed by atoms with van der Waals surface area (Å²) in [7, 11) is 0. The molecule has 1 atom stereocenters. The van der Waals surface area contributed by atoms with Crippen LogP contribution in [0.15, 0.2) is 0 Å². The predicted molar refractivity (Wildman–Crippen MR) is 94.7 cm³/mol. The fourth-order valence-electron chi connectivity index (χ4n) is 2.70. The third-order valence-electron chi connectivity index (χ3n) is 4.53. The fraction of sp³-hybridized carbons (Fsp3) is 0.733. The van der Waals surface area contributed by atoms with Gasteiger partial charge in [0.2, 0.25) is 11.8 Å². The zero-order valence-corrected chi connectivity index (χ0v) is 14.8. The van der Waals surface area contributed by atoms with Gasteiger partial charge in [0.25, 0.3) is 0 Å². The smallest absolute Gasteiger partial charge is 0.229 e. The number of thiocarbonyl (C=S) groups is 2. The van der Waals surface area contributed by atoms with Crippen LogP contribution in [0, 0.1) is 11.8 Å². The van der Waals surface area contributed by atoms with E-state index in [0.717, 1.165) is 25.7 Å². The van der Waals surface area contributed by atoms with E-state index in [4.69, 9.17) is 24.4 Å². The van der Waals surface area contributed by atoms with Crippen molar-refractivity contribution < 1.29 is 9.59 Å². The summed E-state index contributed by atoms with van der Waals surface area (Å²) in [6.07, 6.45) is 3.86. The number of nitrogens with zero attached hydrogens (tertiary/aromatic N) is 2. The highest BCUT2D eigenvalue weighted by Crippen LogP contribution is 2.29. The molecule has 0 aromatic heterocycles. The highest BCUT2D eigenvalue weighted by atomic mass is 32.1. The number of carbonyl (C=O) groups excluding carboxylic acids is 2. The second kappa shape index (κ2) is 6.68. The van der Waals surface area contributed by atoms with Gasteiger partial charge in [-0.1, -0.05) is 0 Å².